The maximum absolute atomic E-state index is 15.6. The van der Waals surface area contributed by atoms with Crippen LogP contribution in [-0.2, 0) is 33.2 Å². The molecule has 46 heavy (non-hydrogen) atoms. The third kappa shape index (κ3) is 16.3. The maximum Gasteiger partial charge on any atom is 0.371 e. The predicted octanol–water partition coefficient (Wildman–Crippen LogP) is 12.6. The average Bonchev–Trinajstić information content (AvgIpc) is 2.96. The van der Waals surface area contributed by atoms with E-state index in [0.717, 1.165) is 37.7 Å². The lowest BCUT2D eigenvalue weighted by atomic mass is 10.1. The van der Waals surface area contributed by atoms with Crippen LogP contribution in [0.5, 0.6) is 0 Å². The summed E-state index contributed by atoms with van der Waals surface area (Å²) in [6.45, 7) is 18.4. The smallest absolute Gasteiger partial charge is 0.371 e. The molecule has 1 aromatic rings. The summed E-state index contributed by atoms with van der Waals surface area (Å²) >= 11 is 0. The Hall–Kier alpha value is -0.376. The molecule has 0 spiro atoms. The van der Waals surface area contributed by atoms with Gasteiger partial charge in [0.25, 0.3) is 0 Å². The van der Waals surface area contributed by atoms with E-state index < -0.39 is 36.7 Å². The van der Waals surface area contributed by atoms with Crippen molar-refractivity contribution in [3.63, 3.8) is 0 Å². The van der Waals surface area contributed by atoms with E-state index in [1.54, 1.807) is 26.2 Å². The van der Waals surface area contributed by atoms with Crippen molar-refractivity contribution in [3.05, 3.63) is 42.2 Å². The van der Waals surface area contributed by atoms with Crippen LogP contribution < -0.4 is 0 Å². The van der Waals surface area contributed by atoms with E-state index in [0.29, 0.717) is 19.3 Å². The quantitative estimate of drug-likeness (QED) is 0.0369. The third-order valence-corrected chi connectivity index (χ3v) is 18.5. The molecule has 0 N–H and O–H groups in total. The zero-order chi connectivity index (χ0) is 34.6. The molecular weight excluding hydrogens is 649 g/mol. The molecule has 0 fully saturated rings. The Morgan fingerprint density at radius 1 is 0.717 bits per heavy atom. The van der Waals surface area contributed by atoms with E-state index in [-0.39, 0.29) is 19.4 Å². The summed E-state index contributed by atoms with van der Waals surface area (Å²) in [6.07, 6.45) is 24.5. The van der Waals surface area contributed by atoms with Crippen molar-refractivity contribution in [3.8, 4) is 0 Å². The molecular formula is C35H69NO6P2Si2. The average molecular weight is 718 g/mol. The van der Waals surface area contributed by atoms with E-state index in [1.165, 1.54) is 44.9 Å². The van der Waals surface area contributed by atoms with Crippen molar-refractivity contribution in [2.75, 3.05) is 19.4 Å². The summed E-state index contributed by atoms with van der Waals surface area (Å²) < 4.78 is 56.4. The van der Waals surface area contributed by atoms with Crippen LogP contribution in [0, 0.1) is 0 Å². The van der Waals surface area contributed by atoms with Crippen LogP contribution in [0.4, 0.5) is 0 Å². The topological polar surface area (TPSA) is 84.0 Å². The largest absolute Gasteiger partial charge is 0.394 e. The molecule has 0 saturated heterocycles. The Balaban J connectivity index is 3.15. The predicted molar refractivity (Wildman–Crippen MR) is 202 cm³/mol. The second-order valence-corrected chi connectivity index (χ2v) is 28.8. The Labute approximate surface area is 285 Å². The number of aromatic nitrogens is 1. The van der Waals surface area contributed by atoms with Gasteiger partial charge in [0.1, 0.15) is 0 Å². The third-order valence-electron chi connectivity index (χ3n) is 7.66. The van der Waals surface area contributed by atoms with E-state index in [9.17, 15) is 0 Å². The molecule has 1 heterocycles. The molecule has 0 aliphatic rings. The fourth-order valence-electron chi connectivity index (χ4n) is 5.73. The summed E-state index contributed by atoms with van der Waals surface area (Å²) in [5.74, 6) is 0. The highest BCUT2D eigenvalue weighted by Gasteiger charge is 2.66. The van der Waals surface area contributed by atoms with Gasteiger partial charge >= 0.3 is 7.60 Å². The zero-order valence-corrected chi connectivity index (χ0v) is 34.8. The van der Waals surface area contributed by atoms with Crippen LogP contribution in [0.2, 0.25) is 39.3 Å². The number of hydrogen-bond acceptors (Lipinski definition) is 7. The van der Waals surface area contributed by atoms with Crippen LogP contribution in [0.25, 0.3) is 0 Å². The molecule has 1 aromatic heterocycles. The van der Waals surface area contributed by atoms with Gasteiger partial charge in [0.15, 0.2) is 16.6 Å². The lowest BCUT2D eigenvalue weighted by Gasteiger charge is -2.48. The van der Waals surface area contributed by atoms with Crippen LogP contribution >= 0.6 is 15.0 Å². The first kappa shape index (κ1) is 43.6. The Morgan fingerprint density at radius 3 is 1.70 bits per heavy atom. The van der Waals surface area contributed by atoms with Crippen molar-refractivity contribution >= 4 is 31.6 Å². The Kier molecular flexibility index (Phi) is 21.2. The first-order chi connectivity index (χ1) is 21.7. The molecule has 0 amide bonds. The minimum atomic E-state index is -4.05. The zero-order valence-electron chi connectivity index (χ0n) is 31.0. The van der Waals surface area contributed by atoms with Gasteiger partial charge in [-0.3, -0.25) is 14.1 Å². The molecule has 0 bridgehead atoms. The maximum atomic E-state index is 15.6. The van der Waals surface area contributed by atoms with Gasteiger partial charge in [0.2, 0.25) is 12.5 Å². The Morgan fingerprint density at radius 2 is 1.22 bits per heavy atom. The van der Waals surface area contributed by atoms with Gasteiger partial charge in [-0.05, 0) is 116 Å². The first-order valence-electron chi connectivity index (χ1n) is 18.1. The van der Waals surface area contributed by atoms with Gasteiger partial charge in [0.05, 0.1) is 13.2 Å². The summed E-state index contributed by atoms with van der Waals surface area (Å²) in [7, 11) is -12.7. The van der Waals surface area contributed by atoms with Crippen LogP contribution in [-0.4, -0.2) is 46.1 Å². The summed E-state index contributed by atoms with van der Waals surface area (Å²) in [5.41, 5.74) is 1.000. The Bertz CT molecular complexity index is 1050. The monoisotopic (exact) mass is 717 g/mol. The molecule has 0 saturated carbocycles. The molecule has 2 unspecified atom stereocenters. The number of aryl methyl sites for hydroxylation is 1. The van der Waals surface area contributed by atoms with Crippen molar-refractivity contribution in [2.45, 2.75) is 161 Å². The fraction of sp³-hybridized carbons (Fsp3) is 0.800. The molecule has 2 atom stereocenters. The van der Waals surface area contributed by atoms with E-state index in [4.69, 9.17) is 17.7 Å². The van der Waals surface area contributed by atoms with Gasteiger partial charge in [-0.15, -0.1) is 0 Å². The molecule has 11 heteroatoms. The molecule has 7 nitrogen and oxygen atoms in total. The molecule has 0 aliphatic heterocycles. The van der Waals surface area contributed by atoms with Gasteiger partial charge < -0.3 is 17.7 Å². The summed E-state index contributed by atoms with van der Waals surface area (Å²) in [5, 5.41) is -1.66. The highest BCUT2D eigenvalue weighted by molar-refractivity contribution is 7.77. The lowest BCUT2D eigenvalue weighted by Crippen LogP contribution is -2.46. The molecule has 1 rings (SSSR count). The van der Waals surface area contributed by atoms with Gasteiger partial charge in [-0.2, -0.15) is 0 Å². The van der Waals surface area contributed by atoms with Gasteiger partial charge in [-0.25, -0.2) is 0 Å². The summed E-state index contributed by atoms with van der Waals surface area (Å²) in [4.78, 5) is 4.14. The highest BCUT2D eigenvalue weighted by Crippen LogP contribution is 2.80. The van der Waals surface area contributed by atoms with Gasteiger partial charge in [-0.1, -0.05) is 70.4 Å². The van der Waals surface area contributed by atoms with Crippen molar-refractivity contribution in [1.29, 1.82) is 0 Å². The van der Waals surface area contributed by atoms with Gasteiger partial charge in [0, 0.05) is 18.6 Å². The van der Waals surface area contributed by atoms with E-state index >= 15 is 9.13 Å². The number of rotatable bonds is 28. The lowest BCUT2D eigenvalue weighted by molar-refractivity contribution is 0.118. The molecule has 0 radical (unpaired) electrons. The first-order valence-corrected chi connectivity index (χ1v) is 28.3. The standard InChI is InChI=1S/C35H69NO6P2Si2/c1-10-13-14-15-16-17-18-19-20-21-22-23-24-25-26-30-35(41-45(4,5)6,44(38,39-11-2)40-12-3)43(37,42-46(7,8)9)33-29-34-27-31-36-32-28-34/h19-20,27-28,31-32H,10-18,21-26,29-30,33H2,1-9H3. The number of nitrogens with zero attached hydrogens (tertiary/aromatic N) is 1. The second-order valence-electron chi connectivity index (χ2n) is 14.3. The SMILES string of the molecule is CCCCCCCCC=CCCCCCCCC(O[Si](C)(C)C)(P(=O)(CCc1ccncc1)O[Si](C)(C)C)P(=O)(OCC)OCC. The normalized spacial score (nSPS) is 15.7. The number of unbranched alkanes of at least 4 members (excludes halogenated alkanes) is 11. The molecule has 0 aliphatic carbocycles. The molecule has 268 valence electrons. The number of allylic oxidation sites excluding steroid dienone is 2. The van der Waals surface area contributed by atoms with Crippen LogP contribution in [0.3, 0.4) is 0 Å². The van der Waals surface area contributed by atoms with Crippen molar-refractivity contribution in [2.24, 2.45) is 0 Å². The minimum absolute atomic E-state index is 0.164. The fourth-order valence-corrected chi connectivity index (χ4v) is 19.4. The van der Waals surface area contributed by atoms with Crippen LogP contribution in [0.15, 0.2) is 36.7 Å². The summed E-state index contributed by atoms with van der Waals surface area (Å²) in [6, 6.07) is 3.85. The van der Waals surface area contributed by atoms with Crippen LogP contribution in [0.1, 0.15) is 116 Å². The highest BCUT2D eigenvalue weighted by atomic mass is 31.2. The number of hydrogen-bond donors (Lipinski definition) is 0. The second kappa shape index (κ2) is 22.4. The minimum Gasteiger partial charge on any atom is -0.394 e. The van der Waals surface area contributed by atoms with E-state index in [2.05, 4.69) is 24.1 Å². The number of pyridine rings is 1. The van der Waals surface area contributed by atoms with Crippen molar-refractivity contribution < 1.29 is 26.8 Å². The molecule has 0 aromatic carbocycles. The van der Waals surface area contributed by atoms with Crippen molar-refractivity contribution in [1.82, 2.24) is 4.98 Å². The van der Waals surface area contributed by atoms with E-state index in [1.807, 2.05) is 51.4 Å².